The molecule has 0 atom stereocenters. The second-order valence-electron chi connectivity index (χ2n) is 3.13. The highest BCUT2D eigenvalue weighted by atomic mass is 79.9. The second-order valence-corrected chi connectivity index (χ2v) is 4.35. The van der Waals surface area contributed by atoms with Gasteiger partial charge in [0, 0.05) is 12.1 Å². The SMILES string of the molecule is O=[N+]([O-])c1cccc(Cl)c1Oc1cc(Br)ncn1. The minimum absolute atomic E-state index is 0.0465. The first-order valence-electron chi connectivity index (χ1n) is 4.66. The van der Waals surface area contributed by atoms with Crippen molar-refractivity contribution >= 4 is 33.2 Å². The second kappa shape index (κ2) is 5.28. The third kappa shape index (κ3) is 2.74. The molecule has 0 amide bonds. The predicted octanol–water partition coefficient (Wildman–Crippen LogP) is 3.59. The Balaban J connectivity index is 2.42. The molecule has 92 valence electrons. The van der Waals surface area contributed by atoms with Gasteiger partial charge in [0.2, 0.25) is 11.6 Å². The van der Waals surface area contributed by atoms with Crippen molar-refractivity contribution in [1.29, 1.82) is 0 Å². The molecule has 1 aromatic heterocycles. The number of nitrogens with zero attached hydrogens (tertiary/aromatic N) is 3. The molecule has 0 radical (unpaired) electrons. The summed E-state index contributed by atoms with van der Waals surface area (Å²) in [5, 5.41) is 11.0. The summed E-state index contributed by atoms with van der Waals surface area (Å²) in [4.78, 5) is 17.9. The first kappa shape index (κ1) is 12.7. The fourth-order valence-corrected chi connectivity index (χ4v) is 1.72. The van der Waals surface area contributed by atoms with Crippen molar-refractivity contribution in [3.05, 3.63) is 50.3 Å². The van der Waals surface area contributed by atoms with Crippen LogP contribution in [0.4, 0.5) is 5.69 Å². The zero-order chi connectivity index (χ0) is 13.1. The van der Waals surface area contributed by atoms with Crippen LogP contribution in [0.5, 0.6) is 11.6 Å². The van der Waals surface area contributed by atoms with Gasteiger partial charge in [0.25, 0.3) is 0 Å². The number of nitro groups is 1. The molecule has 0 unspecified atom stereocenters. The lowest BCUT2D eigenvalue weighted by molar-refractivity contribution is -0.385. The van der Waals surface area contributed by atoms with E-state index in [-0.39, 0.29) is 22.3 Å². The maximum Gasteiger partial charge on any atom is 0.313 e. The summed E-state index contributed by atoms with van der Waals surface area (Å²) in [5.41, 5.74) is -0.225. The Hall–Kier alpha value is -1.73. The summed E-state index contributed by atoms with van der Waals surface area (Å²) in [5.74, 6) is 0.114. The molecule has 2 aromatic rings. The average molecular weight is 331 g/mol. The Morgan fingerprint density at radius 1 is 1.39 bits per heavy atom. The van der Waals surface area contributed by atoms with Gasteiger partial charge < -0.3 is 4.74 Å². The molecule has 18 heavy (non-hydrogen) atoms. The summed E-state index contributed by atoms with van der Waals surface area (Å²) in [6, 6.07) is 5.76. The molecule has 0 spiro atoms. The van der Waals surface area contributed by atoms with Crippen LogP contribution in [0, 0.1) is 10.1 Å². The van der Waals surface area contributed by atoms with E-state index < -0.39 is 4.92 Å². The standard InChI is InChI=1S/C10H5BrClN3O3/c11-8-4-9(14-5-13-8)18-10-6(12)2-1-3-7(10)15(16)17/h1-5H. The maximum absolute atomic E-state index is 10.9. The average Bonchev–Trinajstić information content (AvgIpc) is 2.31. The topological polar surface area (TPSA) is 78.2 Å². The van der Waals surface area contributed by atoms with Crippen molar-refractivity contribution in [2.24, 2.45) is 0 Å². The smallest absolute Gasteiger partial charge is 0.313 e. The van der Waals surface area contributed by atoms with Crippen LogP contribution in [-0.4, -0.2) is 14.9 Å². The van der Waals surface area contributed by atoms with E-state index in [2.05, 4.69) is 25.9 Å². The molecular weight excluding hydrogens is 325 g/mol. The molecular formula is C10H5BrClN3O3. The molecule has 0 bridgehead atoms. The molecule has 0 saturated carbocycles. The van der Waals surface area contributed by atoms with Crippen LogP contribution >= 0.6 is 27.5 Å². The van der Waals surface area contributed by atoms with E-state index in [0.29, 0.717) is 4.60 Å². The number of ether oxygens (including phenoxy) is 1. The third-order valence-electron chi connectivity index (χ3n) is 1.96. The first-order chi connectivity index (χ1) is 8.58. The van der Waals surface area contributed by atoms with Crippen molar-refractivity contribution in [2.45, 2.75) is 0 Å². The summed E-state index contributed by atoms with van der Waals surface area (Å²) < 4.78 is 5.83. The van der Waals surface area contributed by atoms with Gasteiger partial charge in [-0.3, -0.25) is 10.1 Å². The predicted molar refractivity (Wildman–Crippen MR) is 67.9 cm³/mol. The number of hydrogen-bond acceptors (Lipinski definition) is 5. The summed E-state index contributed by atoms with van der Waals surface area (Å²) >= 11 is 9.02. The lowest BCUT2D eigenvalue weighted by atomic mass is 10.3. The van der Waals surface area contributed by atoms with E-state index in [4.69, 9.17) is 16.3 Å². The van der Waals surface area contributed by atoms with Crippen LogP contribution < -0.4 is 4.74 Å². The van der Waals surface area contributed by atoms with Crippen LogP contribution in [0.1, 0.15) is 0 Å². The quantitative estimate of drug-likeness (QED) is 0.488. The summed E-state index contributed by atoms with van der Waals surface area (Å²) in [7, 11) is 0. The van der Waals surface area contributed by atoms with Crippen molar-refractivity contribution in [2.75, 3.05) is 0 Å². The monoisotopic (exact) mass is 329 g/mol. The van der Waals surface area contributed by atoms with Crippen LogP contribution in [0.2, 0.25) is 5.02 Å². The Bertz CT molecular complexity index is 609. The Kier molecular flexibility index (Phi) is 3.73. The van der Waals surface area contributed by atoms with Gasteiger partial charge in [-0.1, -0.05) is 17.7 Å². The van der Waals surface area contributed by atoms with E-state index in [0.717, 1.165) is 0 Å². The molecule has 8 heteroatoms. The van der Waals surface area contributed by atoms with Crippen LogP contribution in [0.3, 0.4) is 0 Å². The molecule has 1 aromatic carbocycles. The van der Waals surface area contributed by atoms with E-state index in [1.807, 2.05) is 0 Å². The van der Waals surface area contributed by atoms with Crippen LogP contribution in [-0.2, 0) is 0 Å². The highest BCUT2D eigenvalue weighted by Crippen LogP contribution is 2.37. The number of para-hydroxylation sites is 1. The number of benzene rings is 1. The molecule has 0 N–H and O–H groups in total. The van der Waals surface area contributed by atoms with Gasteiger partial charge in [-0.2, -0.15) is 0 Å². The third-order valence-corrected chi connectivity index (χ3v) is 2.69. The highest BCUT2D eigenvalue weighted by Gasteiger charge is 2.19. The molecule has 6 nitrogen and oxygen atoms in total. The lowest BCUT2D eigenvalue weighted by Crippen LogP contribution is -1.95. The molecule has 2 rings (SSSR count). The molecule has 0 aliphatic heterocycles. The van der Waals surface area contributed by atoms with Gasteiger partial charge in [0.05, 0.1) is 9.95 Å². The molecule has 0 aliphatic rings. The molecule has 0 fully saturated rings. The van der Waals surface area contributed by atoms with E-state index in [1.165, 1.54) is 30.6 Å². The Labute approximate surface area is 115 Å². The van der Waals surface area contributed by atoms with Crippen molar-refractivity contribution in [1.82, 2.24) is 9.97 Å². The van der Waals surface area contributed by atoms with E-state index in [9.17, 15) is 10.1 Å². The number of nitro benzene ring substituents is 1. The van der Waals surface area contributed by atoms with Gasteiger partial charge in [-0.05, 0) is 22.0 Å². The molecule has 1 heterocycles. The fraction of sp³-hybridized carbons (Fsp3) is 0. The summed E-state index contributed by atoms with van der Waals surface area (Å²) in [6.07, 6.45) is 1.27. The number of rotatable bonds is 3. The van der Waals surface area contributed by atoms with Crippen molar-refractivity contribution < 1.29 is 9.66 Å². The highest BCUT2D eigenvalue weighted by molar-refractivity contribution is 9.10. The van der Waals surface area contributed by atoms with Gasteiger partial charge in [0.1, 0.15) is 10.9 Å². The maximum atomic E-state index is 10.9. The van der Waals surface area contributed by atoms with Crippen LogP contribution in [0.15, 0.2) is 35.2 Å². The van der Waals surface area contributed by atoms with Gasteiger partial charge in [-0.15, -0.1) is 0 Å². The largest absolute Gasteiger partial charge is 0.430 e. The number of aromatic nitrogens is 2. The van der Waals surface area contributed by atoms with Gasteiger partial charge in [-0.25, -0.2) is 9.97 Å². The summed E-state index contributed by atoms with van der Waals surface area (Å²) in [6.45, 7) is 0. The van der Waals surface area contributed by atoms with Crippen molar-refractivity contribution in [3.63, 3.8) is 0 Å². The Morgan fingerprint density at radius 3 is 2.83 bits per heavy atom. The Morgan fingerprint density at radius 2 is 2.17 bits per heavy atom. The van der Waals surface area contributed by atoms with Crippen molar-refractivity contribution in [3.8, 4) is 11.6 Å². The lowest BCUT2D eigenvalue weighted by Gasteiger charge is -2.06. The van der Waals surface area contributed by atoms with Gasteiger partial charge >= 0.3 is 5.69 Å². The van der Waals surface area contributed by atoms with Crippen LogP contribution in [0.25, 0.3) is 0 Å². The zero-order valence-corrected chi connectivity index (χ0v) is 11.1. The zero-order valence-electron chi connectivity index (χ0n) is 8.71. The minimum atomic E-state index is -0.572. The normalized spacial score (nSPS) is 10.1. The van der Waals surface area contributed by atoms with E-state index in [1.54, 1.807) is 0 Å². The number of hydrogen-bond donors (Lipinski definition) is 0. The minimum Gasteiger partial charge on any atom is -0.430 e. The van der Waals surface area contributed by atoms with Gasteiger partial charge in [0.15, 0.2) is 0 Å². The molecule has 0 saturated heterocycles. The fourth-order valence-electron chi connectivity index (χ4n) is 1.22. The first-order valence-corrected chi connectivity index (χ1v) is 5.83. The number of halogens is 2. The molecule has 0 aliphatic carbocycles. The van der Waals surface area contributed by atoms with E-state index >= 15 is 0 Å².